The molecule has 0 spiro atoms. The molecule has 1 aliphatic heterocycles. The van der Waals surface area contributed by atoms with Crippen LogP contribution in [0.4, 0.5) is 5.82 Å². The van der Waals surface area contributed by atoms with E-state index in [4.69, 9.17) is 0 Å². The van der Waals surface area contributed by atoms with Crippen LogP contribution < -0.4 is 15.5 Å². The minimum absolute atomic E-state index is 0.127. The molecule has 2 heterocycles. The van der Waals surface area contributed by atoms with Crippen molar-refractivity contribution in [3.8, 4) is 0 Å². The van der Waals surface area contributed by atoms with Crippen LogP contribution in [0.1, 0.15) is 18.9 Å². The third kappa shape index (κ3) is 3.20. The molecule has 1 aromatic heterocycles. The molecule has 0 saturated carbocycles. The van der Waals surface area contributed by atoms with E-state index in [0.717, 1.165) is 32.0 Å². The van der Waals surface area contributed by atoms with Crippen LogP contribution in [0.5, 0.6) is 0 Å². The number of anilines is 1. The number of carbonyl (C=O) groups is 1. The number of hydrogen-bond donors (Lipinski definition) is 2. The Morgan fingerprint density at radius 3 is 3.22 bits per heavy atom. The Hall–Kier alpha value is -1.62. The van der Waals surface area contributed by atoms with Gasteiger partial charge in [-0.05, 0) is 12.6 Å². The number of hydrogen-bond acceptors (Lipinski definition) is 4. The van der Waals surface area contributed by atoms with Gasteiger partial charge in [0, 0.05) is 44.4 Å². The molecule has 0 atom stereocenters. The summed E-state index contributed by atoms with van der Waals surface area (Å²) in [4.78, 5) is 18.0. The SMILES string of the molecule is CCNCc1cccnc1N1CCNC(=O)CC1. The van der Waals surface area contributed by atoms with Crippen molar-refractivity contribution >= 4 is 11.7 Å². The Labute approximate surface area is 108 Å². The van der Waals surface area contributed by atoms with Gasteiger partial charge in [-0.2, -0.15) is 0 Å². The van der Waals surface area contributed by atoms with Crippen molar-refractivity contribution in [3.63, 3.8) is 0 Å². The zero-order valence-corrected chi connectivity index (χ0v) is 10.8. The minimum Gasteiger partial charge on any atom is -0.354 e. The molecule has 18 heavy (non-hydrogen) atoms. The van der Waals surface area contributed by atoms with E-state index in [1.165, 1.54) is 5.56 Å². The van der Waals surface area contributed by atoms with Crippen molar-refractivity contribution in [2.75, 3.05) is 31.1 Å². The van der Waals surface area contributed by atoms with E-state index in [1.807, 2.05) is 12.3 Å². The van der Waals surface area contributed by atoms with Gasteiger partial charge in [0.25, 0.3) is 0 Å². The van der Waals surface area contributed by atoms with Crippen molar-refractivity contribution in [1.29, 1.82) is 0 Å². The summed E-state index contributed by atoms with van der Waals surface area (Å²) < 4.78 is 0. The van der Waals surface area contributed by atoms with E-state index >= 15 is 0 Å². The number of aromatic nitrogens is 1. The molecular weight excluding hydrogens is 228 g/mol. The lowest BCUT2D eigenvalue weighted by molar-refractivity contribution is -0.120. The topological polar surface area (TPSA) is 57.3 Å². The fourth-order valence-corrected chi connectivity index (χ4v) is 2.09. The van der Waals surface area contributed by atoms with E-state index < -0.39 is 0 Å². The summed E-state index contributed by atoms with van der Waals surface area (Å²) in [6.45, 7) is 6.09. The van der Waals surface area contributed by atoms with Gasteiger partial charge < -0.3 is 15.5 Å². The number of pyridine rings is 1. The van der Waals surface area contributed by atoms with Gasteiger partial charge in [0.15, 0.2) is 0 Å². The lowest BCUT2D eigenvalue weighted by Crippen LogP contribution is -2.30. The quantitative estimate of drug-likeness (QED) is 0.815. The lowest BCUT2D eigenvalue weighted by Gasteiger charge is -2.23. The Balaban J connectivity index is 2.13. The summed E-state index contributed by atoms with van der Waals surface area (Å²) >= 11 is 0. The molecule has 0 unspecified atom stereocenters. The Morgan fingerprint density at radius 2 is 2.39 bits per heavy atom. The molecule has 0 bridgehead atoms. The summed E-state index contributed by atoms with van der Waals surface area (Å²) in [5.74, 6) is 1.12. The van der Waals surface area contributed by atoms with E-state index in [9.17, 15) is 4.79 Å². The highest BCUT2D eigenvalue weighted by molar-refractivity contribution is 5.77. The predicted molar refractivity (Wildman–Crippen MR) is 71.5 cm³/mol. The fraction of sp³-hybridized carbons (Fsp3) is 0.538. The van der Waals surface area contributed by atoms with Crippen LogP contribution in [-0.2, 0) is 11.3 Å². The number of rotatable bonds is 4. The molecular formula is C13H20N4O. The van der Waals surface area contributed by atoms with E-state index in [2.05, 4.69) is 33.5 Å². The van der Waals surface area contributed by atoms with Gasteiger partial charge in [0.2, 0.25) is 5.91 Å². The first-order valence-electron chi connectivity index (χ1n) is 6.47. The summed E-state index contributed by atoms with van der Waals surface area (Å²) in [7, 11) is 0. The number of amides is 1. The standard InChI is InChI=1S/C13H20N4O/c1-2-14-10-11-4-3-6-16-13(11)17-8-5-12(18)15-7-9-17/h3-4,6,14H,2,5,7-10H2,1H3,(H,15,18). The van der Waals surface area contributed by atoms with Gasteiger partial charge in [-0.3, -0.25) is 4.79 Å². The van der Waals surface area contributed by atoms with Crippen molar-refractivity contribution in [1.82, 2.24) is 15.6 Å². The van der Waals surface area contributed by atoms with Crippen molar-refractivity contribution in [2.45, 2.75) is 19.9 Å². The minimum atomic E-state index is 0.127. The molecule has 1 aliphatic rings. The molecule has 0 aromatic carbocycles. The second-order valence-corrected chi connectivity index (χ2v) is 4.35. The molecule has 1 fully saturated rings. The van der Waals surface area contributed by atoms with Gasteiger partial charge in [-0.1, -0.05) is 13.0 Å². The molecule has 2 N–H and O–H groups in total. The molecule has 1 aromatic rings. The lowest BCUT2D eigenvalue weighted by atomic mass is 10.2. The smallest absolute Gasteiger partial charge is 0.221 e. The largest absolute Gasteiger partial charge is 0.354 e. The van der Waals surface area contributed by atoms with Gasteiger partial charge >= 0.3 is 0 Å². The zero-order valence-electron chi connectivity index (χ0n) is 10.8. The van der Waals surface area contributed by atoms with Gasteiger partial charge in [0.1, 0.15) is 5.82 Å². The monoisotopic (exact) mass is 248 g/mol. The number of carbonyl (C=O) groups excluding carboxylic acids is 1. The Morgan fingerprint density at radius 1 is 1.50 bits per heavy atom. The van der Waals surface area contributed by atoms with Crippen LogP contribution in [-0.4, -0.2) is 37.1 Å². The second-order valence-electron chi connectivity index (χ2n) is 4.35. The highest BCUT2D eigenvalue weighted by atomic mass is 16.1. The third-order valence-corrected chi connectivity index (χ3v) is 3.05. The molecule has 1 saturated heterocycles. The van der Waals surface area contributed by atoms with Crippen molar-refractivity contribution < 1.29 is 4.79 Å². The molecule has 5 nitrogen and oxygen atoms in total. The van der Waals surface area contributed by atoms with Gasteiger partial charge in [-0.25, -0.2) is 4.98 Å². The van der Waals surface area contributed by atoms with Gasteiger partial charge in [-0.15, -0.1) is 0 Å². The third-order valence-electron chi connectivity index (χ3n) is 3.05. The summed E-state index contributed by atoms with van der Waals surface area (Å²) in [5.41, 5.74) is 1.19. The van der Waals surface area contributed by atoms with Gasteiger partial charge in [0.05, 0.1) is 0 Å². The maximum atomic E-state index is 11.3. The number of nitrogens with zero attached hydrogens (tertiary/aromatic N) is 2. The maximum Gasteiger partial charge on any atom is 0.221 e. The average Bonchev–Trinajstić information content (AvgIpc) is 2.61. The second kappa shape index (κ2) is 6.35. The summed E-state index contributed by atoms with van der Waals surface area (Å²) in [6, 6.07) is 4.04. The Kier molecular flexibility index (Phi) is 4.52. The highest BCUT2D eigenvalue weighted by Gasteiger charge is 2.16. The predicted octanol–water partition coefficient (Wildman–Crippen LogP) is 0.517. The molecule has 2 rings (SSSR count). The average molecular weight is 248 g/mol. The van der Waals surface area contributed by atoms with Crippen LogP contribution in [0.2, 0.25) is 0 Å². The fourth-order valence-electron chi connectivity index (χ4n) is 2.09. The molecule has 5 heteroatoms. The van der Waals surface area contributed by atoms with Crippen LogP contribution in [0.25, 0.3) is 0 Å². The van der Waals surface area contributed by atoms with Crippen LogP contribution in [0.15, 0.2) is 18.3 Å². The maximum absolute atomic E-state index is 11.3. The van der Waals surface area contributed by atoms with Crippen molar-refractivity contribution in [3.05, 3.63) is 23.9 Å². The molecule has 0 aliphatic carbocycles. The molecule has 98 valence electrons. The van der Waals surface area contributed by atoms with Crippen LogP contribution >= 0.6 is 0 Å². The van der Waals surface area contributed by atoms with E-state index in [0.29, 0.717) is 13.0 Å². The first-order valence-corrected chi connectivity index (χ1v) is 6.47. The summed E-state index contributed by atoms with van der Waals surface area (Å²) in [5, 5.41) is 6.20. The van der Waals surface area contributed by atoms with E-state index in [-0.39, 0.29) is 5.91 Å². The number of nitrogens with one attached hydrogen (secondary N) is 2. The molecule has 0 radical (unpaired) electrons. The van der Waals surface area contributed by atoms with Crippen molar-refractivity contribution in [2.24, 2.45) is 0 Å². The first kappa shape index (κ1) is 12.8. The van der Waals surface area contributed by atoms with Crippen LogP contribution in [0, 0.1) is 0 Å². The molecule has 1 amide bonds. The van der Waals surface area contributed by atoms with E-state index in [1.54, 1.807) is 0 Å². The normalized spacial score (nSPS) is 16.3. The zero-order chi connectivity index (χ0) is 12.8. The first-order chi connectivity index (χ1) is 8.81. The summed E-state index contributed by atoms with van der Waals surface area (Å²) in [6.07, 6.45) is 2.35. The highest BCUT2D eigenvalue weighted by Crippen LogP contribution is 2.17. The Bertz CT molecular complexity index is 408. The van der Waals surface area contributed by atoms with Crippen LogP contribution in [0.3, 0.4) is 0 Å².